The van der Waals surface area contributed by atoms with E-state index in [9.17, 15) is 9.00 Å². The lowest BCUT2D eigenvalue weighted by atomic mass is 9.95. The fourth-order valence-electron chi connectivity index (χ4n) is 4.83. The average Bonchev–Trinajstić information content (AvgIpc) is 3.00. The number of benzene rings is 1. The molecule has 4 rings (SSSR count). The summed E-state index contributed by atoms with van der Waals surface area (Å²) >= 11 is 0. The van der Waals surface area contributed by atoms with Gasteiger partial charge in [-0.25, -0.2) is 0 Å². The Hall–Kier alpha value is -1.88. The lowest BCUT2D eigenvalue weighted by Gasteiger charge is -2.22. The van der Waals surface area contributed by atoms with Gasteiger partial charge in [0, 0.05) is 33.3 Å². The first-order chi connectivity index (χ1) is 13.8. The zero-order chi connectivity index (χ0) is 20.6. The predicted octanol–water partition coefficient (Wildman–Crippen LogP) is 4.88. The maximum absolute atomic E-state index is 12.7. The molecular weight excluding hydrogens is 384 g/mol. The average molecular weight is 415 g/mol. The number of ether oxygens (including phenoxy) is 1. The monoisotopic (exact) mass is 414 g/mol. The molecule has 2 aromatic rings. The molecule has 1 saturated heterocycles. The van der Waals surface area contributed by atoms with Crippen LogP contribution in [0.1, 0.15) is 56.9 Å². The number of hydrogen-bond donors (Lipinski definition) is 0. The number of rotatable bonds is 7. The molecule has 156 valence electrons. The van der Waals surface area contributed by atoms with Gasteiger partial charge >= 0.3 is 5.97 Å². The topological polar surface area (TPSA) is 56.5 Å². The summed E-state index contributed by atoms with van der Waals surface area (Å²) < 4.78 is 23.5. The molecule has 0 spiro atoms. The van der Waals surface area contributed by atoms with Crippen molar-refractivity contribution in [1.29, 1.82) is 0 Å². The zero-order valence-electron chi connectivity index (χ0n) is 17.5. The molecule has 2 aliphatic rings. The first-order valence-electron chi connectivity index (χ1n) is 10.4. The van der Waals surface area contributed by atoms with Crippen LogP contribution in [0.3, 0.4) is 0 Å². The molecule has 2 fully saturated rings. The van der Waals surface area contributed by atoms with Crippen LogP contribution in [0, 0.1) is 17.3 Å². The lowest BCUT2D eigenvalue weighted by molar-refractivity contribution is -0.147. The van der Waals surface area contributed by atoms with Crippen molar-refractivity contribution in [3.8, 4) is 0 Å². The van der Waals surface area contributed by atoms with Crippen LogP contribution in [0.25, 0.3) is 0 Å². The van der Waals surface area contributed by atoms with Gasteiger partial charge in [-0.15, -0.1) is 0 Å². The summed E-state index contributed by atoms with van der Waals surface area (Å²) in [5, 5.41) is 0. The third kappa shape index (κ3) is 4.20. The zero-order valence-corrected chi connectivity index (χ0v) is 18.3. The Balaban J connectivity index is 1.31. The van der Waals surface area contributed by atoms with Gasteiger partial charge in [0.05, 0.1) is 12.2 Å². The van der Waals surface area contributed by atoms with E-state index in [4.69, 9.17) is 9.15 Å². The van der Waals surface area contributed by atoms with Crippen molar-refractivity contribution < 1.29 is 18.2 Å². The van der Waals surface area contributed by atoms with Gasteiger partial charge in [-0.3, -0.25) is 9.00 Å². The summed E-state index contributed by atoms with van der Waals surface area (Å²) in [6.45, 7) is 6.60. The van der Waals surface area contributed by atoms with Gasteiger partial charge in [0.15, 0.2) is 0 Å². The highest BCUT2D eigenvalue weighted by molar-refractivity contribution is 7.86. The van der Waals surface area contributed by atoms with Crippen LogP contribution in [0.2, 0.25) is 0 Å². The number of carbonyl (C=O) groups is 1. The first kappa shape index (κ1) is 20.4. The molecule has 2 heterocycles. The molecule has 0 bridgehead atoms. The normalized spacial score (nSPS) is 30.2. The van der Waals surface area contributed by atoms with Crippen LogP contribution in [0.15, 0.2) is 47.1 Å². The summed E-state index contributed by atoms with van der Waals surface area (Å²) in [4.78, 5) is 12.7. The van der Waals surface area contributed by atoms with Gasteiger partial charge in [-0.2, -0.15) is 0 Å². The fraction of sp³-hybridized carbons (Fsp3) is 0.542. The third-order valence-electron chi connectivity index (χ3n) is 6.85. The molecule has 1 saturated carbocycles. The molecule has 1 aromatic heterocycles. The quantitative estimate of drug-likeness (QED) is 0.606. The fourth-order valence-corrected chi connectivity index (χ4v) is 6.46. The Morgan fingerprint density at radius 3 is 2.66 bits per heavy atom. The van der Waals surface area contributed by atoms with Crippen molar-refractivity contribution in [3.63, 3.8) is 0 Å². The molecule has 4 nitrogen and oxygen atoms in total. The van der Waals surface area contributed by atoms with E-state index in [0.29, 0.717) is 0 Å². The molecule has 4 atom stereocenters. The third-order valence-corrected chi connectivity index (χ3v) is 8.98. The first-order valence-corrected chi connectivity index (χ1v) is 11.8. The van der Waals surface area contributed by atoms with Crippen molar-refractivity contribution in [3.05, 3.63) is 59.5 Å². The summed E-state index contributed by atoms with van der Waals surface area (Å²) in [5.74, 6) is 1.67. The summed E-state index contributed by atoms with van der Waals surface area (Å²) in [6, 6.07) is 12.1. The molecule has 4 unspecified atom stereocenters. The predicted molar refractivity (Wildman–Crippen MR) is 114 cm³/mol. The largest absolute Gasteiger partial charge is 0.469 e. The van der Waals surface area contributed by atoms with Crippen LogP contribution < -0.4 is 0 Å². The molecule has 0 N–H and O–H groups in total. The van der Waals surface area contributed by atoms with Crippen molar-refractivity contribution in [2.45, 2.75) is 57.8 Å². The number of esters is 1. The molecule has 1 aliphatic carbocycles. The van der Waals surface area contributed by atoms with Gasteiger partial charge in [0.2, 0.25) is 0 Å². The van der Waals surface area contributed by atoms with E-state index in [-0.39, 0.29) is 34.6 Å². The van der Waals surface area contributed by atoms with Crippen LogP contribution in [-0.4, -0.2) is 20.7 Å². The number of hydrogen-bond acceptors (Lipinski definition) is 4. The van der Waals surface area contributed by atoms with E-state index in [0.717, 1.165) is 42.8 Å². The molecule has 0 radical (unpaired) electrons. The molecule has 1 aromatic carbocycles. The van der Waals surface area contributed by atoms with E-state index in [2.05, 4.69) is 32.9 Å². The van der Waals surface area contributed by atoms with Gasteiger partial charge in [-0.05, 0) is 49.1 Å². The number of carbonyl (C=O) groups excluding carboxylic acids is 1. The van der Waals surface area contributed by atoms with E-state index < -0.39 is 10.8 Å². The molecule has 0 amide bonds. The van der Waals surface area contributed by atoms with E-state index in [1.165, 1.54) is 5.56 Å². The summed E-state index contributed by atoms with van der Waals surface area (Å²) in [7, 11) is -0.780. The van der Waals surface area contributed by atoms with E-state index in [1.54, 1.807) is 6.26 Å². The van der Waals surface area contributed by atoms with Gasteiger partial charge < -0.3 is 9.15 Å². The minimum Gasteiger partial charge on any atom is -0.469 e. The molecule has 29 heavy (non-hydrogen) atoms. The molecular formula is C24H30O4S. The molecule has 1 aliphatic heterocycles. The van der Waals surface area contributed by atoms with Gasteiger partial charge in [0.1, 0.15) is 12.4 Å². The van der Waals surface area contributed by atoms with Crippen molar-refractivity contribution in [1.82, 2.24) is 0 Å². The second kappa shape index (κ2) is 7.75. The highest BCUT2D eigenvalue weighted by Crippen LogP contribution is 2.62. The van der Waals surface area contributed by atoms with Crippen molar-refractivity contribution >= 4 is 16.8 Å². The summed E-state index contributed by atoms with van der Waals surface area (Å²) in [5.41, 5.74) is 1.98. The molecule has 5 heteroatoms. The SMILES string of the molecule is CC1(C)C(CC2(C)CCCS2=O)C1C(=O)OCc1coc(Cc2ccccc2)c1. The van der Waals surface area contributed by atoms with Crippen LogP contribution in [0.5, 0.6) is 0 Å². The van der Waals surface area contributed by atoms with Crippen molar-refractivity contribution in [2.24, 2.45) is 17.3 Å². The van der Waals surface area contributed by atoms with Gasteiger partial charge in [0.25, 0.3) is 0 Å². The van der Waals surface area contributed by atoms with Crippen LogP contribution in [-0.2, 0) is 33.4 Å². The second-order valence-electron chi connectivity index (χ2n) is 9.40. The minimum absolute atomic E-state index is 0.0816. The Kier molecular flexibility index (Phi) is 5.45. The summed E-state index contributed by atoms with van der Waals surface area (Å²) in [6.07, 6.45) is 5.26. The number of furan rings is 1. The maximum Gasteiger partial charge on any atom is 0.310 e. The standard InChI is InChI=1S/C24H30O4S/c1-23(2)20(14-24(3)10-7-11-29(24)26)21(23)22(25)28-16-18-13-19(27-15-18)12-17-8-5-4-6-9-17/h4-6,8-9,13,15,20-21H,7,10-12,14,16H2,1-3H3. The Labute approximate surface area is 175 Å². The minimum atomic E-state index is -0.780. The van der Waals surface area contributed by atoms with Crippen LogP contribution >= 0.6 is 0 Å². The van der Waals surface area contributed by atoms with E-state index >= 15 is 0 Å². The van der Waals surface area contributed by atoms with Crippen molar-refractivity contribution in [2.75, 3.05) is 5.75 Å². The second-order valence-corrected chi connectivity index (χ2v) is 11.5. The van der Waals surface area contributed by atoms with E-state index in [1.807, 2.05) is 24.3 Å². The smallest absolute Gasteiger partial charge is 0.310 e. The maximum atomic E-state index is 12.7. The lowest BCUT2D eigenvalue weighted by Crippen LogP contribution is -2.27. The Morgan fingerprint density at radius 1 is 1.21 bits per heavy atom. The highest BCUT2D eigenvalue weighted by Gasteiger charge is 2.64. The van der Waals surface area contributed by atoms with Crippen LogP contribution in [0.4, 0.5) is 0 Å². The Morgan fingerprint density at radius 2 is 1.97 bits per heavy atom. The highest BCUT2D eigenvalue weighted by atomic mass is 32.2. The Bertz CT molecular complexity index is 901. The van der Waals surface area contributed by atoms with Gasteiger partial charge in [-0.1, -0.05) is 44.2 Å².